The van der Waals surface area contributed by atoms with Crippen molar-refractivity contribution in [3.05, 3.63) is 35.9 Å². The number of rotatable bonds is 4. The molecule has 0 saturated heterocycles. The van der Waals surface area contributed by atoms with Gasteiger partial charge in [-0.3, -0.25) is 0 Å². The standard InChI is InChI=1S/C10H12N2O2/c1-13-11-8-10(12-14-2)9-6-4-3-5-7-9/h3-8H,1-2H3. The summed E-state index contributed by atoms with van der Waals surface area (Å²) >= 11 is 0. The number of oxime groups is 2. The molecule has 0 heterocycles. The van der Waals surface area contributed by atoms with E-state index in [1.807, 2.05) is 30.3 Å². The van der Waals surface area contributed by atoms with Crippen LogP contribution in [0.25, 0.3) is 0 Å². The molecule has 0 aliphatic carbocycles. The highest BCUT2D eigenvalue weighted by molar-refractivity contribution is 6.37. The van der Waals surface area contributed by atoms with Gasteiger partial charge in [-0.15, -0.1) is 0 Å². The lowest BCUT2D eigenvalue weighted by Gasteiger charge is -1.98. The first-order chi connectivity index (χ1) is 6.88. The normalized spacial score (nSPS) is 11.7. The summed E-state index contributed by atoms with van der Waals surface area (Å²) in [4.78, 5) is 9.27. The van der Waals surface area contributed by atoms with Crippen molar-refractivity contribution >= 4 is 11.9 Å². The van der Waals surface area contributed by atoms with Crippen LogP contribution in [0.4, 0.5) is 0 Å². The fourth-order valence-electron chi connectivity index (χ4n) is 0.961. The Morgan fingerprint density at radius 1 is 1.14 bits per heavy atom. The van der Waals surface area contributed by atoms with Crippen LogP contribution in [0.5, 0.6) is 0 Å². The minimum Gasteiger partial charge on any atom is -0.399 e. The summed E-state index contributed by atoms with van der Waals surface area (Å²) in [5.41, 5.74) is 1.55. The van der Waals surface area contributed by atoms with E-state index in [0.29, 0.717) is 5.71 Å². The Bertz CT molecular complexity index is 320. The van der Waals surface area contributed by atoms with Crippen molar-refractivity contribution in [3.63, 3.8) is 0 Å². The van der Waals surface area contributed by atoms with Crippen LogP contribution in [-0.4, -0.2) is 26.1 Å². The van der Waals surface area contributed by atoms with E-state index in [0.717, 1.165) is 5.56 Å². The Morgan fingerprint density at radius 2 is 1.86 bits per heavy atom. The van der Waals surface area contributed by atoms with E-state index in [4.69, 9.17) is 4.84 Å². The summed E-state index contributed by atoms with van der Waals surface area (Å²) < 4.78 is 0. The van der Waals surface area contributed by atoms with E-state index < -0.39 is 0 Å². The van der Waals surface area contributed by atoms with E-state index in [2.05, 4.69) is 15.1 Å². The average Bonchev–Trinajstić information content (AvgIpc) is 2.25. The molecule has 4 nitrogen and oxygen atoms in total. The largest absolute Gasteiger partial charge is 0.399 e. The maximum atomic E-state index is 4.70. The summed E-state index contributed by atoms with van der Waals surface area (Å²) in [5, 5.41) is 7.45. The Morgan fingerprint density at radius 3 is 2.43 bits per heavy atom. The molecule has 0 atom stereocenters. The molecule has 0 N–H and O–H groups in total. The van der Waals surface area contributed by atoms with Crippen LogP contribution in [0.15, 0.2) is 40.6 Å². The number of hydrogen-bond acceptors (Lipinski definition) is 4. The first kappa shape index (κ1) is 10.2. The number of nitrogens with zero attached hydrogens (tertiary/aromatic N) is 2. The molecule has 0 aromatic heterocycles. The monoisotopic (exact) mass is 192 g/mol. The van der Waals surface area contributed by atoms with Crippen LogP contribution < -0.4 is 0 Å². The Labute approximate surface area is 82.8 Å². The highest BCUT2D eigenvalue weighted by Crippen LogP contribution is 2.00. The summed E-state index contributed by atoms with van der Waals surface area (Å²) in [6.07, 6.45) is 1.50. The Hall–Kier alpha value is -1.84. The predicted molar refractivity (Wildman–Crippen MR) is 55.5 cm³/mol. The molecule has 1 aromatic carbocycles. The third-order valence-corrected chi connectivity index (χ3v) is 1.54. The quantitative estimate of drug-likeness (QED) is 0.538. The van der Waals surface area contributed by atoms with Gasteiger partial charge in [0, 0.05) is 5.56 Å². The molecule has 0 saturated carbocycles. The van der Waals surface area contributed by atoms with Crippen molar-refractivity contribution in [2.24, 2.45) is 10.3 Å². The first-order valence-corrected chi connectivity index (χ1v) is 4.11. The first-order valence-electron chi connectivity index (χ1n) is 4.11. The van der Waals surface area contributed by atoms with Crippen molar-refractivity contribution < 1.29 is 9.68 Å². The highest BCUT2D eigenvalue weighted by Gasteiger charge is 1.99. The molecule has 0 radical (unpaired) electrons. The van der Waals surface area contributed by atoms with Crippen LogP contribution in [0.1, 0.15) is 5.56 Å². The van der Waals surface area contributed by atoms with Crippen molar-refractivity contribution in [1.29, 1.82) is 0 Å². The molecule has 0 fully saturated rings. The van der Waals surface area contributed by atoms with E-state index in [1.54, 1.807) is 0 Å². The molecule has 0 aliphatic rings. The topological polar surface area (TPSA) is 43.2 Å². The van der Waals surface area contributed by atoms with Crippen molar-refractivity contribution in [3.8, 4) is 0 Å². The SMILES string of the molecule is CON=CC(=NOC)c1ccccc1. The third-order valence-electron chi connectivity index (χ3n) is 1.54. The fraction of sp³-hybridized carbons (Fsp3) is 0.200. The average molecular weight is 192 g/mol. The maximum Gasteiger partial charge on any atom is 0.131 e. The second-order valence-electron chi connectivity index (χ2n) is 2.44. The zero-order chi connectivity index (χ0) is 10.2. The van der Waals surface area contributed by atoms with Gasteiger partial charge in [-0.1, -0.05) is 40.6 Å². The van der Waals surface area contributed by atoms with Crippen molar-refractivity contribution in [2.75, 3.05) is 14.2 Å². The Kier molecular flexibility index (Phi) is 4.20. The predicted octanol–water partition coefficient (Wildman–Crippen LogP) is 1.67. The van der Waals surface area contributed by atoms with Gasteiger partial charge in [0.05, 0.1) is 6.21 Å². The molecule has 0 amide bonds. The lowest BCUT2D eigenvalue weighted by molar-refractivity contribution is 0.211. The summed E-state index contributed by atoms with van der Waals surface area (Å²) in [5.74, 6) is 0. The molecule has 0 bridgehead atoms. The third kappa shape index (κ3) is 2.90. The maximum absolute atomic E-state index is 4.70. The Balaban J connectivity index is 2.90. The van der Waals surface area contributed by atoms with Crippen LogP contribution in [0, 0.1) is 0 Å². The van der Waals surface area contributed by atoms with Gasteiger partial charge in [-0.25, -0.2) is 0 Å². The molecule has 1 rings (SSSR count). The van der Waals surface area contributed by atoms with Gasteiger partial charge < -0.3 is 9.68 Å². The van der Waals surface area contributed by atoms with Crippen LogP contribution >= 0.6 is 0 Å². The minimum absolute atomic E-state index is 0.620. The van der Waals surface area contributed by atoms with Crippen LogP contribution in [0.3, 0.4) is 0 Å². The minimum atomic E-state index is 0.620. The van der Waals surface area contributed by atoms with Gasteiger partial charge in [0.2, 0.25) is 0 Å². The summed E-state index contributed by atoms with van der Waals surface area (Å²) in [6.45, 7) is 0. The number of hydrogen-bond donors (Lipinski definition) is 0. The van der Waals surface area contributed by atoms with E-state index >= 15 is 0 Å². The van der Waals surface area contributed by atoms with Crippen molar-refractivity contribution in [1.82, 2.24) is 0 Å². The van der Waals surface area contributed by atoms with E-state index in [9.17, 15) is 0 Å². The molecular weight excluding hydrogens is 180 g/mol. The van der Waals surface area contributed by atoms with Gasteiger partial charge in [-0.05, 0) is 0 Å². The molecule has 14 heavy (non-hydrogen) atoms. The lowest BCUT2D eigenvalue weighted by Crippen LogP contribution is -2.03. The summed E-state index contributed by atoms with van der Waals surface area (Å²) in [7, 11) is 2.97. The molecule has 0 aliphatic heterocycles. The second-order valence-corrected chi connectivity index (χ2v) is 2.44. The molecule has 0 unspecified atom stereocenters. The molecule has 4 heteroatoms. The molecule has 1 aromatic rings. The van der Waals surface area contributed by atoms with Gasteiger partial charge in [0.15, 0.2) is 0 Å². The lowest BCUT2D eigenvalue weighted by atomic mass is 10.1. The zero-order valence-corrected chi connectivity index (χ0v) is 8.18. The van der Waals surface area contributed by atoms with Crippen molar-refractivity contribution in [2.45, 2.75) is 0 Å². The smallest absolute Gasteiger partial charge is 0.131 e. The van der Waals surface area contributed by atoms with E-state index in [1.165, 1.54) is 20.4 Å². The van der Waals surface area contributed by atoms with Gasteiger partial charge in [-0.2, -0.15) is 0 Å². The molecular formula is C10H12N2O2. The van der Waals surface area contributed by atoms with Gasteiger partial charge in [0.1, 0.15) is 19.9 Å². The number of benzene rings is 1. The van der Waals surface area contributed by atoms with Crippen LogP contribution in [-0.2, 0) is 9.68 Å². The van der Waals surface area contributed by atoms with E-state index in [-0.39, 0.29) is 0 Å². The zero-order valence-electron chi connectivity index (χ0n) is 8.18. The summed E-state index contributed by atoms with van der Waals surface area (Å²) in [6, 6.07) is 9.60. The van der Waals surface area contributed by atoms with Gasteiger partial charge >= 0.3 is 0 Å². The molecule has 74 valence electrons. The van der Waals surface area contributed by atoms with Gasteiger partial charge in [0.25, 0.3) is 0 Å². The highest BCUT2D eigenvalue weighted by atomic mass is 16.6. The fourth-order valence-corrected chi connectivity index (χ4v) is 0.961. The molecule has 0 spiro atoms. The van der Waals surface area contributed by atoms with Crippen LogP contribution in [0.2, 0.25) is 0 Å². The second kappa shape index (κ2) is 5.75.